The van der Waals surface area contributed by atoms with Gasteiger partial charge in [-0.1, -0.05) is 17.7 Å². The SMILES string of the molecule is CC1=CC=Cc2nc(C)n(C3CCC(=O)NC3=O)c(=O)c2C1. The van der Waals surface area contributed by atoms with Crippen molar-refractivity contribution in [1.82, 2.24) is 14.9 Å². The molecule has 1 unspecified atom stereocenters. The second-order valence-electron chi connectivity index (χ2n) is 5.71. The number of rotatable bonds is 1. The first-order valence-corrected chi connectivity index (χ1v) is 7.27. The van der Waals surface area contributed by atoms with Crippen LogP contribution in [0.4, 0.5) is 0 Å². The number of allylic oxidation sites excluding steroid dienone is 3. The first-order chi connectivity index (χ1) is 10.5. The van der Waals surface area contributed by atoms with Crippen LogP contribution in [0.15, 0.2) is 22.5 Å². The van der Waals surface area contributed by atoms with Gasteiger partial charge in [0.25, 0.3) is 5.56 Å². The highest BCUT2D eigenvalue weighted by Gasteiger charge is 2.31. The molecule has 6 nitrogen and oxygen atoms in total. The number of nitrogens with one attached hydrogen (secondary N) is 1. The maximum Gasteiger partial charge on any atom is 0.258 e. The summed E-state index contributed by atoms with van der Waals surface area (Å²) in [6.07, 6.45) is 6.72. The fraction of sp³-hybridized carbons (Fsp3) is 0.375. The molecular formula is C16H17N3O3. The van der Waals surface area contributed by atoms with E-state index in [0.717, 1.165) is 5.57 Å². The number of nitrogens with zero attached hydrogens (tertiary/aromatic N) is 2. The predicted molar refractivity (Wildman–Crippen MR) is 81.1 cm³/mol. The van der Waals surface area contributed by atoms with Gasteiger partial charge in [-0.2, -0.15) is 0 Å². The summed E-state index contributed by atoms with van der Waals surface area (Å²) < 4.78 is 1.42. The zero-order valence-electron chi connectivity index (χ0n) is 12.5. The third-order valence-corrected chi connectivity index (χ3v) is 4.03. The molecule has 1 fully saturated rings. The molecule has 22 heavy (non-hydrogen) atoms. The van der Waals surface area contributed by atoms with Gasteiger partial charge in [0.15, 0.2) is 0 Å². The van der Waals surface area contributed by atoms with Crippen LogP contribution >= 0.6 is 0 Å². The summed E-state index contributed by atoms with van der Waals surface area (Å²) in [5.41, 5.74) is 2.11. The summed E-state index contributed by atoms with van der Waals surface area (Å²) in [6.45, 7) is 3.67. The van der Waals surface area contributed by atoms with Crippen molar-refractivity contribution in [1.29, 1.82) is 0 Å². The van der Waals surface area contributed by atoms with E-state index in [9.17, 15) is 14.4 Å². The summed E-state index contributed by atoms with van der Waals surface area (Å²) in [4.78, 5) is 40.7. The number of carbonyl (C=O) groups is 2. The zero-order valence-corrected chi connectivity index (χ0v) is 12.5. The molecule has 1 aromatic heterocycles. The van der Waals surface area contributed by atoms with E-state index in [2.05, 4.69) is 10.3 Å². The van der Waals surface area contributed by atoms with E-state index < -0.39 is 11.9 Å². The van der Waals surface area contributed by atoms with Crippen LogP contribution in [-0.4, -0.2) is 21.4 Å². The van der Waals surface area contributed by atoms with E-state index in [4.69, 9.17) is 0 Å². The Morgan fingerprint density at radius 2 is 2.05 bits per heavy atom. The highest BCUT2D eigenvalue weighted by Crippen LogP contribution is 2.21. The Labute approximate surface area is 127 Å². The number of aryl methyl sites for hydroxylation is 1. The van der Waals surface area contributed by atoms with E-state index in [-0.39, 0.29) is 17.9 Å². The molecule has 0 aromatic carbocycles. The third kappa shape index (κ3) is 2.41. The largest absolute Gasteiger partial charge is 0.295 e. The highest BCUT2D eigenvalue weighted by molar-refractivity contribution is 5.99. The standard InChI is InChI=1S/C16H17N3O3/c1-9-4-3-5-12-11(8-9)16(22)19(10(2)17-12)13-6-7-14(20)18-15(13)21/h3-5,13H,6-8H2,1-2H3,(H,18,20,21). The Kier molecular flexibility index (Phi) is 3.52. The molecule has 1 saturated heterocycles. The van der Waals surface area contributed by atoms with E-state index in [0.29, 0.717) is 29.9 Å². The van der Waals surface area contributed by atoms with Crippen LogP contribution in [0.5, 0.6) is 0 Å². The second kappa shape index (κ2) is 5.36. The topological polar surface area (TPSA) is 81.1 Å². The molecule has 114 valence electrons. The summed E-state index contributed by atoms with van der Waals surface area (Å²) in [7, 11) is 0. The monoisotopic (exact) mass is 299 g/mol. The number of imide groups is 1. The number of hydrogen-bond donors (Lipinski definition) is 1. The summed E-state index contributed by atoms with van der Waals surface area (Å²) in [6, 6.07) is -0.667. The maximum absolute atomic E-state index is 12.9. The van der Waals surface area contributed by atoms with Crippen molar-refractivity contribution in [3.05, 3.63) is 45.2 Å². The number of aromatic nitrogens is 2. The van der Waals surface area contributed by atoms with Crippen LogP contribution in [0.2, 0.25) is 0 Å². The number of piperidine rings is 1. The van der Waals surface area contributed by atoms with Gasteiger partial charge in [0.05, 0.1) is 5.69 Å². The molecule has 1 N–H and O–H groups in total. The van der Waals surface area contributed by atoms with Crippen molar-refractivity contribution < 1.29 is 9.59 Å². The number of hydrogen-bond acceptors (Lipinski definition) is 4. The molecule has 0 bridgehead atoms. The first kappa shape index (κ1) is 14.4. The molecule has 2 heterocycles. The van der Waals surface area contributed by atoms with E-state index in [1.807, 2.05) is 25.2 Å². The summed E-state index contributed by atoms with van der Waals surface area (Å²) >= 11 is 0. The van der Waals surface area contributed by atoms with Gasteiger partial charge in [-0.15, -0.1) is 0 Å². The molecule has 0 spiro atoms. The molecule has 2 aliphatic rings. The molecule has 1 atom stereocenters. The van der Waals surface area contributed by atoms with Crippen molar-refractivity contribution in [2.75, 3.05) is 0 Å². The van der Waals surface area contributed by atoms with Crippen LogP contribution in [0.3, 0.4) is 0 Å². The fourth-order valence-corrected chi connectivity index (χ4v) is 2.94. The van der Waals surface area contributed by atoms with Gasteiger partial charge in [0.1, 0.15) is 11.9 Å². The molecule has 3 rings (SSSR count). The quantitative estimate of drug-likeness (QED) is 0.786. The average Bonchev–Trinajstić information content (AvgIpc) is 2.63. The van der Waals surface area contributed by atoms with Gasteiger partial charge in [-0.25, -0.2) is 4.98 Å². The van der Waals surface area contributed by atoms with Crippen LogP contribution < -0.4 is 10.9 Å². The third-order valence-electron chi connectivity index (χ3n) is 4.03. The van der Waals surface area contributed by atoms with Crippen molar-refractivity contribution in [3.8, 4) is 0 Å². The first-order valence-electron chi connectivity index (χ1n) is 7.27. The van der Waals surface area contributed by atoms with Gasteiger partial charge in [0.2, 0.25) is 11.8 Å². The van der Waals surface area contributed by atoms with Crippen LogP contribution in [0.1, 0.15) is 42.9 Å². The Morgan fingerprint density at radius 1 is 1.27 bits per heavy atom. The van der Waals surface area contributed by atoms with Crippen LogP contribution in [0, 0.1) is 6.92 Å². The van der Waals surface area contributed by atoms with Crippen molar-refractivity contribution in [3.63, 3.8) is 0 Å². The zero-order chi connectivity index (χ0) is 15.9. The summed E-state index contributed by atoms with van der Waals surface area (Å²) in [5, 5.41) is 2.29. The highest BCUT2D eigenvalue weighted by atomic mass is 16.2. The Bertz CT molecular complexity index is 787. The van der Waals surface area contributed by atoms with Gasteiger partial charge in [0, 0.05) is 18.4 Å². The van der Waals surface area contributed by atoms with Crippen LogP contribution in [-0.2, 0) is 16.0 Å². The second-order valence-corrected chi connectivity index (χ2v) is 5.71. The summed E-state index contributed by atoms with van der Waals surface area (Å²) in [5.74, 6) is -0.238. The van der Waals surface area contributed by atoms with Crippen molar-refractivity contribution in [2.45, 2.75) is 39.2 Å². The van der Waals surface area contributed by atoms with Crippen molar-refractivity contribution in [2.24, 2.45) is 0 Å². The number of fused-ring (bicyclic) bond motifs is 1. The van der Waals surface area contributed by atoms with Crippen LogP contribution in [0.25, 0.3) is 6.08 Å². The Balaban J connectivity index is 2.12. The lowest BCUT2D eigenvalue weighted by atomic mass is 10.0. The van der Waals surface area contributed by atoms with Crippen molar-refractivity contribution >= 4 is 17.9 Å². The van der Waals surface area contributed by atoms with E-state index in [1.165, 1.54) is 4.57 Å². The average molecular weight is 299 g/mol. The van der Waals surface area contributed by atoms with Gasteiger partial charge < -0.3 is 0 Å². The minimum absolute atomic E-state index is 0.198. The van der Waals surface area contributed by atoms with Gasteiger partial charge >= 0.3 is 0 Å². The molecule has 1 aliphatic heterocycles. The fourth-order valence-electron chi connectivity index (χ4n) is 2.94. The predicted octanol–water partition coefficient (Wildman–Crippen LogP) is 1.05. The van der Waals surface area contributed by atoms with Gasteiger partial charge in [-0.3, -0.25) is 24.3 Å². The Hall–Kier alpha value is -2.50. The van der Waals surface area contributed by atoms with E-state index in [1.54, 1.807) is 6.92 Å². The molecule has 0 radical (unpaired) electrons. The minimum atomic E-state index is -0.667. The molecule has 1 aliphatic carbocycles. The number of carbonyl (C=O) groups excluding carboxylic acids is 2. The lowest BCUT2D eigenvalue weighted by molar-refractivity contribution is -0.135. The minimum Gasteiger partial charge on any atom is -0.295 e. The lowest BCUT2D eigenvalue weighted by Crippen LogP contribution is -2.46. The molecule has 0 saturated carbocycles. The van der Waals surface area contributed by atoms with Gasteiger partial charge in [-0.05, 0) is 26.3 Å². The smallest absolute Gasteiger partial charge is 0.258 e. The van der Waals surface area contributed by atoms with E-state index >= 15 is 0 Å². The Morgan fingerprint density at radius 3 is 2.77 bits per heavy atom. The molecule has 6 heteroatoms. The maximum atomic E-state index is 12.9. The normalized spacial score (nSPS) is 21.0. The number of amides is 2. The molecular weight excluding hydrogens is 282 g/mol. The molecule has 2 amide bonds. The molecule has 1 aromatic rings. The lowest BCUT2D eigenvalue weighted by Gasteiger charge is -2.25.